The summed E-state index contributed by atoms with van der Waals surface area (Å²) in [7, 11) is 1.67. The summed E-state index contributed by atoms with van der Waals surface area (Å²) in [5.41, 5.74) is 8.19. The molecular formula is C16H23N3O3. The minimum atomic E-state index is 0.0481. The molecule has 3 rings (SSSR count). The van der Waals surface area contributed by atoms with Gasteiger partial charge < -0.3 is 19.9 Å². The van der Waals surface area contributed by atoms with E-state index in [0.717, 1.165) is 28.6 Å². The SMILES string of the molecule is COCCOC1COc2ccc3cnn(C[C@H](C)N)c3c2C1. The molecule has 0 spiro atoms. The number of methoxy groups -OCH3 is 1. The molecule has 0 saturated carbocycles. The molecule has 1 aliphatic rings. The number of hydrogen-bond acceptors (Lipinski definition) is 5. The lowest BCUT2D eigenvalue weighted by Gasteiger charge is -2.26. The fourth-order valence-corrected chi connectivity index (χ4v) is 2.85. The van der Waals surface area contributed by atoms with Crippen molar-refractivity contribution < 1.29 is 14.2 Å². The molecule has 120 valence electrons. The zero-order chi connectivity index (χ0) is 15.5. The highest BCUT2D eigenvalue weighted by molar-refractivity contribution is 5.84. The Labute approximate surface area is 130 Å². The van der Waals surface area contributed by atoms with E-state index >= 15 is 0 Å². The lowest BCUT2D eigenvalue weighted by molar-refractivity contribution is -0.0117. The fourth-order valence-electron chi connectivity index (χ4n) is 2.85. The van der Waals surface area contributed by atoms with E-state index < -0.39 is 0 Å². The highest BCUT2D eigenvalue weighted by atomic mass is 16.6. The molecule has 6 heteroatoms. The number of nitrogens with zero attached hydrogens (tertiary/aromatic N) is 2. The molecule has 0 radical (unpaired) electrons. The number of benzene rings is 1. The molecule has 1 aromatic carbocycles. The highest BCUT2D eigenvalue weighted by Gasteiger charge is 2.24. The van der Waals surface area contributed by atoms with Crippen LogP contribution in [0.1, 0.15) is 12.5 Å². The average Bonchev–Trinajstić information content (AvgIpc) is 2.90. The van der Waals surface area contributed by atoms with Crippen molar-refractivity contribution >= 4 is 10.9 Å². The molecule has 0 saturated heterocycles. The Morgan fingerprint density at radius 3 is 3.09 bits per heavy atom. The smallest absolute Gasteiger partial charge is 0.124 e. The third-order valence-electron chi connectivity index (χ3n) is 3.82. The minimum absolute atomic E-state index is 0.0481. The van der Waals surface area contributed by atoms with Gasteiger partial charge in [0.05, 0.1) is 37.6 Å². The molecule has 2 N–H and O–H groups in total. The highest BCUT2D eigenvalue weighted by Crippen LogP contribution is 2.32. The van der Waals surface area contributed by atoms with E-state index in [1.807, 2.05) is 29.9 Å². The van der Waals surface area contributed by atoms with Crippen LogP contribution < -0.4 is 10.5 Å². The van der Waals surface area contributed by atoms with E-state index in [0.29, 0.717) is 26.4 Å². The van der Waals surface area contributed by atoms with E-state index in [9.17, 15) is 0 Å². The van der Waals surface area contributed by atoms with Gasteiger partial charge in [-0.2, -0.15) is 5.10 Å². The van der Waals surface area contributed by atoms with Crippen LogP contribution in [0.3, 0.4) is 0 Å². The lowest BCUT2D eigenvalue weighted by Crippen LogP contribution is -2.30. The van der Waals surface area contributed by atoms with Crippen molar-refractivity contribution in [3.63, 3.8) is 0 Å². The van der Waals surface area contributed by atoms with Gasteiger partial charge in [0, 0.05) is 30.5 Å². The summed E-state index contributed by atoms with van der Waals surface area (Å²) in [5, 5.41) is 5.58. The van der Waals surface area contributed by atoms with Gasteiger partial charge in [-0.05, 0) is 19.1 Å². The third kappa shape index (κ3) is 3.09. The van der Waals surface area contributed by atoms with Gasteiger partial charge in [-0.3, -0.25) is 4.68 Å². The van der Waals surface area contributed by atoms with Gasteiger partial charge in [0.25, 0.3) is 0 Å². The van der Waals surface area contributed by atoms with Gasteiger partial charge in [-0.15, -0.1) is 0 Å². The Morgan fingerprint density at radius 1 is 1.45 bits per heavy atom. The van der Waals surface area contributed by atoms with Crippen molar-refractivity contribution in [1.29, 1.82) is 0 Å². The summed E-state index contributed by atoms with van der Waals surface area (Å²) in [6, 6.07) is 4.11. The molecule has 2 heterocycles. The van der Waals surface area contributed by atoms with Crippen LogP contribution in [-0.2, 0) is 22.4 Å². The first kappa shape index (κ1) is 15.3. The standard InChI is InChI=1S/C16H23N3O3/c1-11(17)9-19-16-12(8-18-19)3-4-15-14(16)7-13(10-22-15)21-6-5-20-2/h3-4,8,11,13H,5-7,9-10,17H2,1-2H3/t11-,13?/m0/s1. The molecule has 6 nitrogen and oxygen atoms in total. The van der Waals surface area contributed by atoms with Crippen molar-refractivity contribution in [2.45, 2.75) is 32.0 Å². The maximum absolute atomic E-state index is 5.93. The van der Waals surface area contributed by atoms with Crippen molar-refractivity contribution in [3.05, 3.63) is 23.9 Å². The van der Waals surface area contributed by atoms with Crippen LogP contribution in [0, 0.1) is 0 Å². The summed E-state index contributed by atoms with van der Waals surface area (Å²) in [4.78, 5) is 0. The van der Waals surface area contributed by atoms with Crippen LogP contribution in [0.4, 0.5) is 0 Å². The first-order valence-electron chi connectivity index (χ1n) is 7.65. The predicted octanol–water partition coefficient (Wildman–Crippen LogP) is 1.35. The summed E-state index contributed by atoms with van der Waals surface area (Å²) in [5.74, 6) is 0.922. The summed E-state index contributed by atoms with van der Waals surface area (Å²) < 4.78 is 18.7. The minimum Gasteiger partial charge on any atom is -0.491 e. The van der Waals surface area contributed by atoms with Crippen LogP contribution in [0.5, 0.6) is 5.75 Å². The Kier molecular flexibility index (Phi) is 4.61. The first-order valence-corrected chi connectivity index (χ1v) is 7.65. The number of hydrogen-bond donors (Lipinski definition) is 1. The Morgan fingerprint density at radius 2 is 2.32 bits per heavy atom. The number of rotatable bonds is 6. The zero-order valence-corrected chi connectivity index (χ0v) is 13.1. The molecule has 0 bridgehead atoms. The summed E-state index contributed by atoms with van der Waals surface area (Å²) in [6.45, 7) is 4.42. The molecule has 1 aromatic heterocycles. The van der Waals surface area contributed by atoms with Gasteiger partial charge in [0.1, 0.15) is 12.4 Å². The van der Waals surface area contributed by atoms with Crippen LogP contribution in [-0.4, -0.2) is 48.9 Å². The number of nitrogens with two attached hydrogens (primary N) is 1. The molecule has 0 aliphatic carbocycles. The second-order valence-corrected chi connectivity index (χ2v) is 5.78. The number of fused-ring (bicyclic) bond motifs is 3. The molecule has 1 aliphatic heterocycles. The molecule has 22 heavy (non-hydrogen) atoms. The average molecular weight is 305 g/mol. The maximum Gasteiger partial charge on any atom is 0.124 e. The van der Waals surface area contributed by atoms with Gasteiger partial charge in [-0.25, -0.2) is 0 Å². The Bertz CT molecular complexity index is 639. The van der Waals surface area contributed by atoms with Crippen molar-refractivity contribution in [3.8, 4) is 5.75 Å². The molecule has 2 aromatic rings. The van der Waals surface area contributed by atoms with E-state index in [2.05, 4.69) is 5.10 Å². The third-order valence-corrected chi connectivity index (χ3v) is 3.82. The Balaban J connectivity index is 1.88. The van der Waals surface area contributed by atoms with E-state index in [-0.39, 0.29) is 12.1 Å². The van der Waals surface area contributed by atoms with E-state index in [1.54, 1.807) is 7.11 Å². The van der Waals surface area contributed by atoms with E-state index in [4.69, 9.17) is 19.9 Å². The lowest BCUT2D eigenvalue weighted by atomic mass is 10.0. The van der Waals surface area contributed by atoms with Crippen LogP contribution in [0.25, 0.3) is 10.9 Å². The second-order valence-electron chi connectivity index (χ2n) is 5.78. The maximum atomic E-state index is 5.93. The van der Waals surface area contributed by atoms with Crippen LogP contribution in [0.2, 0.25) is 0 Å². The molecular weight excluding hydrogens is 282 g/mol. The molecule has 0 amide bonds. The quantitative estimate of drug-likeness (QED) is 0.816. The molecule has 1 unspecified atom stereocenters. The van der Waals surface area contributed by atoms with Gasteiger partial charge >= 0.3 is 0 Å². The number of ether oxygens (including phenoxy) is 3. The van der Waals surface area contributed by atoms with Crippen LogP contribution in [0.15, 0.2) is 18.3 Å². The summed E-state index contributed by atoms with van der Waals surface area (Å²) in [6.07, 6.45) is 2.75. The van der Waals surface area contributed by atoms with Gasteiger partial charge in [-0.1, -0.05) is 0 Å². The van der Waals surface area contributed by atoms with Crippen molar-refractivity contribution in [2.24, 2.45) is 5.73 Å². The Hall–Kier alpha value is -1.63. The fraction of sp³-hybridized carbons (Fsp3) is 0.562. The monoisotopic (exact) mass is 305 g/mol. The van der Waals surface area contributed by atoms with Crippen molar-refractivity contribution in [1.82, 2.24) is 9.78 Å². The topological polar surface area (TPSA) is 71.5 Å². The van der Waals surface area contributed by atoms with E-state index in [1.165, 1.54) is 0 Å². The van der Waals surface area contributed by atoms with Crippen LogP contribution >= 0.6 is 0 Å². The largest absolute Gasteiger partial charge is 0.491 e. The van der Waals surface area contributed by atoms with Gasteiger partial charge in [0.15, 0.2) is 0 Å². The zero-order valence-electron chi connectivity index (χ0n) is 13.1. The van der Waals surface area contributed by atoms with Gasteiger partial charge in [0.2, 0.25) is 0 Å². The predicted molar refractivity (Wildman–Crippen MR) is 84.2 cm³/mol. The number of aromatic nitrogens is 2. The normalized spacial score (nSPS) is 19.0. The van der Waals surface area contributed by atoms with Crippen molar-refractivity contribution in [2.75, 3.05) is 26.9 Å². The second kappa shape index (κ2) is 6.64. The molecule has 2 atom stereocenters. The molecule has 0 fully saturated rings. The summed E-state index contributed by atoms with van der Waals surface area (Å²) >= 11 is 0. The first-order chi connectivity index (χ1) is 10.7.